The summed E-state index contributed by atoms with van der Waals surface area (Å²) in [5.74, 6) is 1.42. The van der Waals surface area contributed by atoms with Crippen LogP contribution < -0.4 is 10.1 Å². The molecule has 1 N–H and O–H groups in total. The summed E-state index contributed by atoms with van der Waals surface area (Å²) in [5, 5.41) is 7.02. The van der Waals surface area contributed by atoms with Crippen molar-refractivity contribution in [1.82, 2.24) is 19.7 Å². The van der Waals surface area contributed by atoms with Crippen molar-refractivity contribution in [2.45, 2.75) is 12.3 Å². The fourth-order valence-electron chi connectivity index (χ4n) is 3.03. The molecule has 0 aliphatic carbocycles. The third-order valence-corrected chi connectivity index (χ3v) is 6.39. The first-order chi connectivity index (χ1) is 13.5. The van der Waals surface area contributed by atoms with Crippen LogP contribution in [0, 0.1) is 0 Å². The van der Waals surface area contributed by atoms with Gasteiger partial charge in [0.25, 0.3) is 0 Å². The summed E-state index contributed by atoms with van der Waals surface area (Å²) >= 11 is 0. The van der Waals surface area contributed by atoms with E-state index in [0.717, 1.165) is 17.3 Å². The number of nitrogens with zero attached hydrogens (tertiary/aromatic N) is 4. The quantitative estimate of drug-likeness (QED) is 0.340. The van der Waals surface area contributed by atoms with Crippen molar-refractivity contribution in [3.63, 3.8) is 0 Å². The first-order valence-corrected chi connectivity index (χ1v) is 10.6. The molecule has 0 radical (unpaired) electrons. The Hall–Kier alpha value is -1.86. The van der Waals surface area contributed by atoms with Crippen molar-refractivity contribution in [2.24, 2.45) is 4.99 Å². The van der Waals surface area contributed by atoms with Crippen LogP contribution in [0.3, 0.4) is 0 Å². The lowest BCUT2D eigenvalue weighted by Crippen LogP contribution is -2.53. The number of hydrogen-bond acceptors (Lipinski definition) is 6. The predicted octanol–water partition coefficient (Wildman–Crippen LogP) is 1.52. The molecule has 0 saturated carbocycles. The van der Waals surface area contributed by atoms with E-state index >= 15 is 0 Å². The number of sulfonamides is 1. The van der Waals surface area contributed by atoms with Crippen LogP contribution >= 0.6 is 24.0 Å². The van der Waals surface area contributed by atoms with Crippen LogP contribution in [0.15, 0.2) is 46.1 Å². The molecule has 0 atom stereocenters. The van der Waals surface area contributed by atoms with Gasteiger partial charge in [-0.3, -0.25) is 4.99 Å². The Balaban J connectivity index is 0.00000300. The van der Waals surface area contributed by atoms with Crippen molar-refractivity contribution >= 4 is 40.0 Å². The summed E-state index contributed by atoms with van der Waals surface area (Å²) in [6, 6.07) is 9.39. The molecule has 0 amide bonds. The summed E-state index contributed by atoms with van der Waals surface area (Å²) < 4.78 is 36.4. The fourth-order valence-corrected chi connectivity index (χ4v) is 4.45. The van der Waals surface area contributed by atoms with Crippen LogP contribution in [0.4, 0.5) is 0 Å². The molecule has 0 bridgehead atoms. The Kier molecular flexibility index (Phi) is 8.71. The zero-order chi connectivity index (χ0) is 20.0. The molecule has 29 heavy (non-hydrogen) atoms. The van der Waals surface area contributed by atoms with E-state index in [-0.39, 0.29) is 29.7 Å². The van der Waals surface area contributed by atoms with Gasteiger partial charge in [-0.1, -0.05) is 17.3 Å². The topological polar surface area (TPSA) is 100 Å². The minimum absolute atomic E-state index is 0. The van der Waals surface area contributed by atoms with E-state index in [1.165, 1.54) is 10.6 Å². The molecule has 2 heterocycles. The van der Waals surface area contributed by atoms with Gasteiger partial charge in [-0.2, -0.15) is 4.31 Å². The molecule has 9 nitrogen and oxygen atoms in total. The number of aromatic nitrogens is 1. The number of piperazine rings is 1. The molecule has 1 aromatic carbocycles. The highest BCUT2D eigenvalue weighted by Crippen LogP contribution is 2.14. The van der Waals surface area contributed by atoms with Crippen LogP contribution in [0.2, 0.25) is 0 Å². The standard InChI is InChI=1S/C18H25N5O4S.HI/c1-19-18(20-13-15-3-5-17(26-2)6-4-15)22-8-10-23(11-9-22)28(24,25)14-16-7-12-27-21-16;/h3-7,12H,8-11,13-14H2,1-2H3,(H,19,20);1H. The number of ether oxygens (including phenoxy) is 1. The zero-order valence-electron chi connectivity index (χ0n) is 16.4. The normalized spacial score (nSPS) is 15.7. The molecule has 0 spiro atoms. The van der Waals surface area contributed by atoms with Gasteiger partial charge in [0.15, 0.2) is 5.96 Å². The van der Waals surface area contributed by atoms with Crippen molar-refractivity contribution in [3.05, 3.63) is 47.9 Å². The lowest BCUT2D eigenvalue weighted by molar-refractivity contribution is 0.259. The molecule has 1 fully saturated rings. The second kappa shape index (κ2) is 10.8. The molecule has 1 aliphatic rings. The van der Waals surface area contributed by atoms with E-state index in [2.05, 4.69) is 20.4 Å². The summed E-state index contributed by atoms with van der Waals surface area (Å²) in [6.45, 7) is 2.58. The van der Waals surface area contributed by atoms with Crippen LogP contribution in [0.25, 0.3) is 0 Å². The maximum atomic E-state index is 12.5. The minimum atomic E-state index is -3.41. The molecular formula is C18H26IN5O4S. The summed E-state index contributed by atoms with van der Waals surface area (Å²) in [7, 11) is -0.0463. The number of halogens is 1. The molecule has 3 rings (SSSR count). The Morgan fingerprint density at radius 2 is 1.90 bits per heavy atom. The Morgan fingerprint density at radius 3 is 2.45 bits per heavy atom. The molecule has 2 aromatic rings. The van der Waals surface area contributed by atoms with E-state index in [1.54, 1.807) is 20.2 Å². The lowest BCUT2D eigenvalue weighted by atomic mass is 10.2. The van der Waals surface area contributed by atoms with Gasteiger partial charge in [0.1, 0.15) is 17.8 Å². The van der Waals surface area contributed by atoms with Crippen LogP contribution in [0.1, 0.15) is 11.3 Å². The smallest absolute Gasteiger partial charge is 0.220 e. The van der Waals surface area contributed by atoms with Gasteiger partial charge in [-0.15, -0.1) is 24.0 Å². The maximum absolute atomic E-state index is 12.5. The number of methoxy groups -OCH3 is 1. The fraction of sp³-hybridized carbons (Fsp3) is 0.444. The molecule has 0 unspecified atom stereocenters. The van der Waals surface area contributed by atoms with Crippen molar-refractivity contribution in [3.8, 4) is 5.75 Å². The number of aliphatic imine (C=N–C) groups is 1. The Labute approximate surface area is 188 Å². The average molecular weight is 535 g/mol. The van der Waals surface area contributed by atoms with Crippen molar-refractivity contribution in [1.29, 1.82) is 0 Å². The number of rotatable bonds is 6. The van der Waals surface area contributed by atoms with E-state index in [0.29, 0.717) is 38.4 Å². The number of nitrogens with one attached hydrogen (secondary N) is 1. The van der Waals surface area contributed by atoms with Crippen LogP contribution in [-0.2, 0) is 22.3 Å². The summed E-state index contributed by atoms with van der Waals surface area (Å²) in [5.41, 5.74) is 1.52. The van der Waals surface area contributed by atoms with Gasteiger partial charge in [0.05, 0.1) is 12.8 Å². The summed E-state index contributed by atoms with van der Waals surface area (Å²) in [6.07, 6.45) is 1.38. The third kappa shape index (κ3) is 6.31. The van der Waals surface area contributed by atoms with Gasteiger partial charge in [-0.05, 0) is 17.7 Å². The Morgan fingerprint density at radius 1 is 1.21 bits per heavy atom. The van der Waals surface area contributed by atoms with Crippen molar-refractivity contribution in [2.75, 3.05) is 40.3 Å². The number of benzene rings is 1. The van der Waals surface area contributed by atoms with E-state index in [4.69, 9.17) is 9.26 Å². The predicted molar refractivity (Wildman–Crippen MR) is 121 cm³/mol. The highest BCUT2D eigenvalue weighted by Gasteiger charge is 2.28. The largest absolute Gasteiger partial charge is 0.497 e. The van der Waals surface area contributed by atoms with E-state index in [9.17, 15) is 8.42 Å². The van der Waals surface area contributed by atoms with Gasteiger partial charge in [0.2, 0.25) is 10.0 Å². The van der Waals surface area contributed by atoms with Gasteiger partial charge >= 0.3 is 0 Å². The first kappa shape index (κ1) is 23.4. The zero-order valence-corrected chi connectivity index (χ0v) is 19.6. The molecule has 160 valence electrons. The maximum Gasteiger partial charge on any atom is 0.220 e. The molecule has 1 saturated heterocycles. The first-order valence-electron chi connectivity index (χ1n) is 8.97. The van der Waals surface area contributed by atoms with Gasteiger partial charge in [-0.25, -0.2) is 8.42 Å². The second-order valence-corrected chi connectivity index (χ2v) is 8.35. The monoisotopic (exact) mass is 535 g/mol. The highest BCUT2D eigenvalue weighted by molar-refractivity contribution is 14.0. The van der Waals surface area contributed by atoms with E-state index < -0.39 is 10.0 Å². The molecular weight excluding hydrogens is 509 g/mol. The van der Waals surface area contributed by atoms with Gasteiger partial charge in [0, 0.05) is 45.8 Å². The average Bonchev–Trinajstić information content (AvgIpc) is 3.21. The highest BCUT2D eigenvalue weighted by atomic mass is 127. The van der Waals surface area contributed by atoms with Crippen LogP contribution in [0.5, 0.6) is 5.75 Å². The molecule has 1 aliphatic heterocycles. The lowest BCUT2D eigenvalue weighted by Gasteiger charge is -2.35. The number of guanidine groups is 1. The van der Waals surface area contributed by atoms with Crippen LogP contribution in [-0.4, -0.2) is 69.1 Å². The molecule has 1 aromatic heterocycles. The SMILES string of the molecule is CN=C(NCc1ccc(OC)cc1)N1CCN(S(=O)(=O)Cc2ccon2)CC1.I. The van der Waals surface area contributed by atoms with Gasteiger partial charge < -0.3 is 19.5 Å². The van der Waals surface area contributed by atoms with Crippen molar-refractivity contribution < 1.29 is 17.7 Å². The third-order valence-electron chi connectivity index (χ3n) is 4.57. The summed E-state index contributed by atoms with van der Waals surface area (Å²) in [4.78, 5) is 6.39. The Bertz CT molecular complexity index is 879. The molecule has 11 heteroatoms. The minimum Gasteiger partial charge on any atom is -0.497 e. The van der Waals surface area contributed by atoms with E-state index in [1.807, 2.05) is 24.3 Å². The second-order valence-electron chi connectivity index (χ2n) is 6.38. The number of hydrogen-bond donors (Lipinski definition) is 1.